The summed E-state index contributed by atoms with van der Waals surface area (Å²) >= 11 is 0. The molecule has 1 aromatic rings. The van der Waals surface area contributed by atoms with Gasteiger partial charge in [0, 0.05) is 11.7 Å². The first-order valence-corrected chi connectivity index (χ1v) is 12.4. The molecule has 0 radical (unpaired) electrons. The number of likely N-dealkylation sites (tertiary alicyclic amines) is 1. The Morgan fingerprint density at radius 3 is 2.53 bits per heavy atom. The fraction of sp³-hybridized carbons (Fsp3) is 0.654. The summed E-state index contributed by atoms with van der Waals surface area (Å²) in [5.41, 5.74) is -1.33. The number of nitrogens with one attached hydrogen (secondary N) is 2. The van der Waals surface area contributed by atoms with E-state index in [2.05, 4.69) is 17.6 Å². The van der Waals surface area contributed by atoms with Crippen molar-refractivity contribution in [3.63, 3.8) is 0 Å². The van der Waals surface area contributed by atoms with E-state index in [4.69, 9.17) is 4.74 Å². The average Bonchev–Trinajstić information content (AvgIpc) is 3.30. The Bertz CT molecular complexity index is 955. The Morgan fingerprint density at radius 2 is 1.91 bits per heavy atom. The Morgan fingerprint density at radius 1 is 1.24 bits per heavy atom. The standard InChI is InChI=1S/C26H37N3O5/c1-6-10-16(3)27-23(32)21-26-13-15(2)25(5,34-26)19(20(26)24(33)29(21)17(4)14-30)22(31)28-18-11-8-7-9-12-18/h7-9,11-12,15-17,19-21,30H,6,10,13-14H2,1-5H3,(H,27,32)(H,28,31)/t15?,16?,17-,19+,20+,21?,25-,26?/m1/s1. The quantitative estimate of drug-likeness (QED) is 0.539. The second-order valence-corrected chi connectivity index (χ2v) is 10.5. The van der Waals surface area contributed by atoms with Crippen molar-refractivity contribution in [2.24, 2.45) is 17.8 Å². The number of carbonyl (C=O) groups excluding carboxylic acids is 3. The summed E-state index contributed by atoms with van der Waals surface area (Å²) in [7, 11) is 0. The van der Waals surface area contributed by atoms with Crippen LogP contribution < -0.4 is 10.6 Å². The molecule has 2 bridgehead atoms. The highest BCUT2D eigenvalue weighted by Crippen LogP contribution is 2.65. The predicted octanol–water partition coefficient (Wildman–Crippen LogP) is 2.32. The zero-order valence-electron chi connectivity index (χ0n) is 20.7. The van der Waals surface area contributed by atoms with E-state index in [1.54, 1.807) is 19.1 Å². The zero-order valence-corrected chi connectivity index (χ0v) is 20.7. The third-order valence-electron chi connectivity index (χ3n) is 8.17. The van der Waals surface area contributed by atoms with Crippen LogP contribution in [-0.4, -0.2) is 63.7 Å². The average molecular weight is 472 g/mol. The van der Waals surface area contributed by atoms with E-state index in [9.17, 15) is 19.5 Å². The lowest BCUT2D eigenvalue weighted by atomic mass is 9.62. The Kier molecular flexibility index (Phi) is 6.50. The molecule has 3 N–H and O–H groups in total. The lowest BCUT2D eigenvalue weighted by Crippen LogP contribution is -2.58. The van der Waals surface area contributed by atoms with Crippen molar-refractivity contribution in [2.45, 2.75) is 83.2 Å². The fourth-order valence-electron chi connectivity index (χ4n) is 6.51. The van der Waals surface area contributed by atoms with Crippen LogP contribution in [0.15, 0.2) is 30.3 Å². The topological polar surface area (TPSA) is 108 Å². The molecule has 8 atom stereocenters. The molecule has 34 heavy (non-hydrogen) atoms. The number of hydrogen-bond acceptors (Lipinski definition) is 5. The molecule has 8 nitrogen and oxygen atoms in total. The maximum atomic E-state index is 13.9. The third kappa shape index (κ3) is 3.62. The normalized spacial score (nSPS) is 35.7. The first kappa shape index (κ1) is 24.7. The number of fused-ring (bicyclic) bond motifs is 1. The van der Waals surface area contributed by atoms with Crippen molar-refractivity contribution in [3.8, 4) is 0 Å². The van der Waals surface area contributed by atoms with Gasteiger partial charge < -0.3 is 25.4 Å². The molecule has 3 saturated heterocycles. The molecular weight excluding hydrogens is 434 g/mol. The monoisotopic (exact) mass is 471 g/mol. The van der Waals surface area contributed by atoms with Gasteiger partial charge in [-0.3, -0.25) is 14.4 Å². The summed E-state index contributed by atoms with van der Waals surface area (Å²) in [6, 6.07) is 7.61. The number of para-hydroxylation sites is 1. The Balaban J connectivity index is 1.74. The lowest BCUT2D eigenvalue weighted by Gasteiger charge is -2.36. The summed E-state index contributed by atoms with van der Waals surface area (Å²) in [5.74, 6) is -2.42. The van der Waals surface area contributed by atoms with Crippen LogP contribution in [0.2, 0.25) is 0 Å². The molecule has 0 aliphatic carbocycles. The van der Waals surface area contributed by atoms with Crippen LogP contribution in [0.1, 0.15) is 53.9 Å². The summed E-state index contributed by atoms with van der Waals surface area (Å²) in [6.07, 6.45) is 2.24. The second-order valence-electron chi connectivity index (χ2n) is 10.5. The van der Waals surface area contributed by atoms with Crippen LogP contribution >= 0.6 is 0 Å². The molecule has 186 valence electrons. The predicted molar refractivity (Wildman–Crippen MR) is 128 cm³/mol. The number of nitrogens with zero attached hydrogens (tertiary/aromatic N) is 1. The van der Waals surface area contributed by atoms with Gasteiger partial charge in [0.2, 0.25) is 17.7 Å². The van der Waals surface area contributed by atoms with Gasteiger partial charge >= 0.3 is 0 Å². The number of anilines is 1. The Hall–Kier alpha value is -2.45. The minimum atomic E-state index is -1.11. The van der Waals surface area contributed by atoms with Crippen molar-refractivity contribution in [1.29, 1.82) is 0 Å². The zero-order chi connectivity index (χ0) is 24.8. The highest BCUT2D eigenvalue weighted by Gasteiger charge is 2.80. The number of aliphatic hydroxyl groups is 1. The van der Waals surface area contributed by atoms with E-state index in [-0.39, 0.29) is 36.3 Å². The van der Waals surface area contributed by atoms with Crippen LogP contribution in [0.4, 0.5) is 5.69 Å². The number of carbonyl (C=O) groups is 3. The molecule has 0 aromatic heterocycles. The van der Waals surface area contributed by atoms with Gasteiger partial charge in [0.05, 0.1) is 30.1 Å². The van der Waals surface area contributed by atoms with E-state index in [1.165, 1.54) is 4.90 Å². The number of amides is 3. The van der Waals surface area contributed by atoms with Gasteiger partial charge in [-0.25, -0.2) is 0 Å². The number of benzene rings is 1. The van der Waals surface area contributed by atoms with E-state index in [0.29, 0.717) is 12.1 Å². The van der Waals surface area contributed by atoms with Crippen molar-refractivity contribution in [1.82, 2.24) is 10.2 Å². The molecular formula is C26H37N3O5. The minimum absolute atomic E-state index is 0.0316. The number of ether oxygens (including phenoxy) is 1. The van der Waals surface area contributed by atoms with Gasteiger partial charge in [0.15, 0.2) is 0 Å². The van der Waals surface area contributed by atoms with Crippen molar-refractivity contribution in [2.75, 3.05) is 11.9 Å². The smallest absolute Gasteiger partial charge is 0.246 e. The van der Waals surface area contributed by atoms with Gasteiger partial charge in [-0.15, -0.1) is 0 Å². The first-order chi connectivity index (χ1) is 16.1. The van der Waals surface area contributed by atoms with Gasteiger partial charge in [-0.2, -0.15) is 0 Å². The first-order valence-electron chi connectivity index (χ1n) is 12.4. The highest BCUT2D eigenvalue weighted by molar-refractivity contribution is 6.02. The van der Waals surface area contributed by atoms with Crippen molar-refractivity contribution < 1.29 is 24.2 Å². The maximum Gasteiger partial charge on any atom is 0.246 e. The van der Waals surface area contributed by atoms with Crippen LogP contribution in [0, 0.1) is 17.8 Å². The van der Waals surface area contributed by atoms with Crippen LogP contribution in [0.25, 0.3) is 0 Å². The SMILES string of the molecule is CCCC(C)NC(=O)C1N([C@H](C)CO)C(=O)[C@@H]2[C@@H](C(=O)Nc3ccccc3)[C@]3(C)OC12CC3C. The molecule has 3 heterocycles. The summed E-state index contributed by atoms with van der Waals surface area (Å²) in [4.78, 5) is 42.6. The van der Waals surface area contributed by atoms with E-state index < -0.39 is 35.1 Å². The molecule has 8 heteroatoms. The molecule has 1 aromatic carbocycles. The van der Waals surface area contributed by atoms with Gasteiger partial charge in [-0.1, -0.05) is 38.5 Å². The van der Waals surface area contributed by atoms with Gasteiger partial charge in [0.25, 0.3) is 0 Å². The molecule has 3 amide bonds. The largest absolute Gasteiger partial charge is 0.394 e. The number of rotatable bonds is 8. The van der Waals surface area contributed by atoms with Crippen LogP contribution in [0.3, 0.4) is 0 Å². The van der Waals surface area contributed by atoms with Gasteiger partial charge in [-0.05, 0) is 51.7 Å². The molecule has 1 spiro atoms. The molecule has 4 unspecified atom stereocenters. The highest BCUT2D eigenvalue weighted by atomic mass is 16.5. The van der Waals surface area contributed by atoms with Crippen molar-refractivity contribution in [3.05, 3.63) is 30.3 Å². The number of aliphatic hydroxyl groups excluding tert-OH is 1. The number of hydrogen-bond donors (Lipinski definition) is 3. The molecule has 0 saturated carbocycles. The second kappa shape index (κ2) is 8.96. The van der Waals surface area contributed by atoms with Crippen molar-refractivity contribution >= 4 is 23.4 Å². The summed E-state index contributed by atoms with van der Waals surface area (Å²) in [5, 5.41) is 16.0. The van der Waals surface area contributed by atoms with E-state index in [1.807, 2.05) is 39.0 Å². The van der Waals surface area contributed by atoms with Crippen LogP contribution in [0.5, 0.6) is 0 Å². The molecule has 3 aliphatic heterocycles. The van der Waals surface area contributed by atoms with Gasteiger partial charge in [0.1, 0.15) is 11.6 Å². The molecule has 3 aliphatic rings. The summed E-state index contributed by atoms with van der Waals surface area (Å²) in [6.45, 7) is 9.35. The lowest BCUT2D eigenvalue weighted by molar-refractivity contribution is -0.149. The maximum absolute atomic E-state index is 13.9. The fourth-order valence-corrected chi connectivity index (χ4v) is 6.51. The van der Waals surface area contributed by atoms with E-state index >= 15 is 0 Å². The van der Waals surface area contributed by atoms with Crippen LogP contribution in [-0.2, 0) is 19.1 Å². The summed E-state index contributed by atoms with van der Waals surface area (Å²) < 4.78 is 6.66. The molecule has 3 fully saturated rings. The minimum Gasteiger partial charge on any atom is -0.394 e. The van der Waals surface area contributed by atoms with E-state index in [0.717, 1.165) is 12.8 Å². The third-order valence-corrected chi connectivity index (χ3v) is 8.17. The molecule has 4 rings (SSSR count). The Labute approximate surface area is 201 Å².